The first kappa shape index (κ1) is 15.6. The van der Waals surface area contributed by atoms with Gasteiger partial charge in [-0.15, -0.1) is 0 Å². The molecule has 0 aliphatic rings. The first-order chi connectivity index (χ1) is 10.0. The monoisotopic (exact) mass is 304 g/mol. The molecule has 112 valence electrons. The number of aryl methyl sites for hydroxylation is 2. The molecule has 2 rings (SSSR count). The van der Waals surface area contributed by atoms with Gasteiger partial charge in [0.15, 0.2) is 5.16 Å². The minimum atomic E-state index is -0.00466. The minimum Gasteiger partial charge on any atom is -0.351 e. The van der Waals surface area contributed by atoms with Gasteiger partial charge in [-0.25, -0.2) is 4.98 Å². The summed E-state index contributed by atoms with van der Waals surface area (Å²) in [7, 11) is 0. The molecule has 0 saturated carbocycles. The molecule has 0 radical (unpaired) electrons. The van der Waals surface area contributed by atoms with E-state index >= 15 is 0 Å². The van der Waals surface area contributed by atoms with Crippen LogP contribution in [-0.2, 0) is 0 Å². The lowest BCUT2D eigenvalue weighted by Gasteiger charge is -2.15. The Kier molecular flexibility index (Phi) is 5.01. The molecule has 2 aromatic rings. The minimum absolute atomic E-state index is 0.00466. The maximum atomic E-state index is 12.4. The summed E-state index contributed by atoms with van der Waals surface area (Å²) in [6.07, 6.45) is 1.48. The maximum absolute atomic E-state index is 12.4. The van der Waals surface area contributed by atoms with Gasteiger partial charge in [-0.2, -0.15) is 5.10 Å². The molecule has 1 aromatic carbocycles. The summed E-state index contributed by atoms with van der Waals surface area (Å²) in [6.45, 7) is 8.67. The Labute approximate surface area is 128 Å². The van der Waals surface area contributed by atoms with E-state index < -0.39 is 0 Å². The van der Waals surface area contributed by atoms with Crippen molar-refractivity contribution in [3.8, 4) is 0 Å². The van der Waals surface area contributed by atoms with Crippen molar-refractivity contribution in [3.05, 3.63) is 40.2 Å². The summed E-state index contributed by atoms with van der Waals surface area (Å²) < 4.78 is 0. The Bertz CT molecular complexity index is 611. The van der Waals surface area contributed by atoms with E-state index in [1.54, 1.807) is 0 Å². The van der Waals surface area contributed by atoms with Crippen LogP contribution in [0.2, 0.25) is 0 Å². The number of nitrogens with one attached hydrogen (secondary N) is 2. The molecule has 5 nitrogen and oxygen atoms in total. The number of carbonyl (C=O) groups excluding carboxylic acids is 1. The van der Waals surface area contributed by atoms with Crippen LogP contribution in [-0.4, -0.2) is 33.4 Å². The van der Waals surface area contributed by atoms with Crippen molar-refractivity contribution in [2.45, 2.75) is 32.9 Å². The van der Waals surface area contributed by atoms with E-state index in [1.807, 2.05) is 27.7 Å². The molecule has 1 heterocycles. The number of hydrogen-bond donors (Lipinski definition) is 2. The molecular weight excluding hydrogens is 284 g/mol. The SMILES string of the molecule is Cc1cc(C)c(C)c(C(=O)NCCSc2ncn[nH]2)c1C. The molecule has 0 saturated heterocycles. The van der Waals surface area contributed by atoms with Crippen LogP contribution in [0.25, 0.3) is 0 Å². The van der Waals surface area contributed by atoms with Gasteiger partial charge in [0.2, 0.25) is 0 Å². The molecule has 0 unspecified atom stereocenters. The maximum Gasteiger partial charge on any atom is 0.251 e. The first-order valence-corrected chi connectivity index (χ1v) is 7.83. The van der Waals surface area contributed by atoms with Gasteiger partial charge in [0.25, 0.3) is 5.91 Å². The van der Waals surface area contributed by atoms with Crippen LogP contribution in [0.5, 0.6) is 0 Å². The van der Waals surface area contributed by atoms with Crippen molar-refractivity contribution in [1.82, 2.24) is 20.5 Å². The van der Waals surface area contributed by atoms with Crippen molar-refractivity contribution in [1.29, 1.82) is 0 Å². The highest BCUT2D eigenvalue weighted by Gasteiger charge is 2.15. The van der Waals surface area contributed by atoms with Crippen LogP contribution in [0.15, 0.2) is 17.6 Å². The number of amides is 1. The molecule has 2 N–H and O–H groups in total. The van der Waals surface area contributed by atoms with Crippen molar-refractivity contribution < 1.29 is 4.79 Å². The van der Waals surface area contributed by atoms with Crippen LogP contribution < -0.4 is 5.32 Å². The number of H-pyrrole nitrogens is 1. The Morgan fingerprint density at radius 3 is 2.48 bits per heavy atom. The van der Waals surface area contributed by atoms with Gasteiger partial charge in [-0.05, 0) is 49.9 Å². The fourth-order valence-corrected chi connectivity index (χ4v) is 2.86. The quantitative estimate of drug-likeness (QED) is 0.658. The highest BCUT2D eigenvalue weighted by Crippen LogP contribution is 2.21. The zero-order chi connectivity index (χ0) is 15.4. The van der Waals surface area contributed by atoms with Gasteiger partial charge in [0, 0.05) is 17.9 Å². The second-order valence-corrected chi connectivity index (χ2v) is 6.11. The van der Waals surface area contributed by atoms with E-state index in [2.05, 4.69) is 26.6 Å². The van der Waals surface area contributed by atoms with E-state index in [0.717, 1.165) is 38.7 Å². The molecule has 21 heavy (non-hydrogen) atoms. The third-order valence-corrected chi connectivity index (χ3v) is 4.49. The predicted molar refractivity (Wildman–Crippen MR) is 84.8 cm³/mol. The lowest BCUT2D eigenvalue weighted by Crippen LogP contribution is -2.27. The van der Waals surface area contributed by atoms with Crippen molar-refractivity contribution >= 4 is 17.7 Å². The summed E-state index contributed by atoms with van der Waals surface area (Å²) in [5.74, 6) is 0.749. The average molecular weight is 304 g/mol. The predicted octanol–water partition coefficient (Wildman–Crippen LogP) is 2.56. The smallest absolute Gasteiger partial charge is 0.251 e. The fraction of sp³-hybridized carbons (Fsp3) is 0.400. The second-order valence-electron chi connectivity index (χ2n) is 5.03. The zero-order valence-corrected chi connectivity index (χ0v) is 13.6. The van der Waals surface area contributed by atoms with Gasteiger partial charge in [0.1, 0.15) is 6.33 Å². The van der Waals surface area contributed by atoms with E-state index in [9.17, 15) is 4.79 Å². The molecule has 0 aliphatic heterocycles. The Balaban J connectivity index is 1.97. The summed E-state index contributed by atoms with van der Waals surface area (Å²) in [4.78, 5) is 16.4. The standard InChI is InChI=1S/C15H20N4OS/c1-9-7-10(2)12(4)13(11(9)3)14(20)16-5-6-21-15-17-8-18-19-15/h7-8H,5-6H2,1-4H3,(H,16,20)(H,17,18,19). The summed E-state index contributed by atoms with van der Waals surface area (Å²) in [5.41, 5.74) is 5.22. The largest absolute Gasteiger partial charge is 0.351 e. The number of nitrogens with zero attached hydrogens (tertiary/aromatic N) is 2. The van der Waals surface area contributed by atoms with Crippen LogP contribution in [0.4, 0.5) is 0 Å². The molecular formula is C15H20N4OS. The van der Waals surface area contributed by atoms with Gasteiger partial charge in [0.05, 0.1) is 0 Å². The lowest BCUT2D eigenvalue weighted by atomic mass is 9.94. The van der Waals surface area contributed by atoms with Crippen LogP contribution in [0.3, 0.4) is 0 Å². The molecule has 0 aliphatic carbocycles. The molecule has 0 spiro atoms. The normalized spacial score (nSPS) is 10.7. The molecule has 0 atom stereocenters. The summed E-state index contributed by atoms with van der Waals surface area (Å²) >= 11 is 1.54. The Hall–Kier alpha value is -1.82. The van der Waals surface area contributed by atoms with E-state index in [4.69, 9.17) is 0 Å². The lowest BCUT2D eigenvalue weighted by molar-refractivity contribution is 0.0954. The molecule has 6 heteroatoms. The third kappa shape index (κ3) is 3.64. The molecule has 1 amide bonds. The number of thioether (sulfide) groups is 1. The summed E-state index contributed by atoms with van der Waals surface area (Å²) in [6, 6.07) is 2.13. The van der Waals surface area contributed by atoms with E-state index in [-0.39, 0.29) is 5.91 Å². The highest BCUT2D eigenvalue weighted by molar-refractivity contribution is 7.99. The van der Waals surface area contributed by atoms with Gasteiger partial charge >= 0.3 is 0 Å². The molecule has 1 aromatic heterocycles. The number of carbonyl (C=O) groups is 1. The number of hydrogen-bond acceptors (Lipinski definition) is 4. The van der Waals surface area contributed by atoms with Gasteiger partial charge in [-0.1, -0.05) is 17.8 Å². The van der Waals surface area contributed by atoms with Gasteiger partial charge in [-0.3, -0.25) is 9.89 Å². The van der Waals surface area contributed by atoms with E-state index in [0.29, 0.717) is 6.54 Å². The Morgan fingerprint density at radius 1 is 1.24 bits per heavy atom. The zero-order valence-electron chi connectivity index (χ0n) is 12.8. The Morgan fingerprint density at radius 2 is 1.90 bits per heavy atom. The number of aromatic nitrogens is 3. The number of rotatable bonds is 5. The van der Waals surface area contributed by atoms with Crippen molar-refractivity contribution in [2.24, 2.45) is 0 Å². The van der Waals surface area contributed by atoms with Crippen LogP contribution in [0.1, 0.15) is 32.6 Å². The number of benzene rings is 1. The van der Waals surface area contributed by atoms with Crippen molar-refractivity contribution in [2.75, 3.05) is 12.3 Å². The fourth-order valence-electron chi connectivity index (χ4n) is 2.22. The molecule has 0 fully saturated rings. The second kappa shape index (κ2) is 6.76. The van der Waals surface area contributed by atoms with E-state index in [1.165, 1.54) is 18.1 Å². The summed E-state index contributed by atoms with van der Waals surface area (Å²) in [5, 5.41) is 10.3. The average Bonchev–Trinajstić information content (AvgIpc) is 2.95. The molecule has 0 bridgehead atoms. The van der Waals surface area contributed by atoms with Gasteiger partial charge < -0.3 is 5.32 Å². The number of aromatic amines is 1. The van der Waals surface area contributed by atoms with Crippen molar-refractivity contribution in [3.63, 3.8) is 0 Å². The van der Waals surface area contributed by atoms with Crippen LogP contribution in [0, 0.1) is 27.7 Å². The van der Waals surface area contributed by atoms with Crippen LogP contribution >= 0.6 is 11.8 Å². The third-order valence-electron chi connectivity index (χ3n) is 3.61. The first-order valence-electron chi connectivity index (χ1n) is 6.84. The topological polar surface area (TPSA) is 70.7 Å². The highest BCUT2D eigenvalue weighted by atomic mass is 32.2.